The zero-order valence-corrected chi connectivity index (χ0v) is 24.6. The Bertz CT molecular complexity index is 1090. The molecule has 2 aromatic carbocycles. The lowest BCUT2D eigenvalue weighted by molar-refractivity contribution is -0.124. The molecule has 1 fully saturated rings. The smallest absolute Gasteiger partial charge is 0.335 e. The predicted octanol–water partition coefficient (Wildman–Crippen LogP) is 9.31. The minimum absolute atomic E-state index is 0.0533. The second kappa shape index (κ2) is 13.9. The molecule has 3 atom stereocenters. The normalized spacial score (nSPS) is 18.1. The summed E-state index contributed by atoms with van der Waals surface area (Å²) < 4.78 is 21.2. The van der Waals surface area contributed by atoms with Crippen molar-refractivity contribution in [3.05, 3.63) is 53.3 Å². The first-order chi connectivity index (χ1) is 17.9. The molecule has 1 unspecified atom stereocenters. The van der Waals surface area contributed by atoms with E-state index < -0.39 is 5.97 Å². The molecule has 0 radical (unpaired) electrons. The highest BCUT2D eigenvalue weighted by molar-refractivity contribution is 5.91. The lowest BCUT2D eigenvalue weighted by atomic mass is 9.78. The highest BCUT2D eigenvalue weighted by Gasteiger charge is 2.31. The van der Waals surface area contributed by atoms with Gasteiger partial charge in [-0.1, -0.05) is 73.9 Å². The van der Waals surface area contributed by atoms with Crippen LogP contribution in [0, 0.1) is 23.1 Å². The van der Waals surface area contributed by atoms with Crippen LogP contribution in [0.5, 0.6) is 5.75 Å². The van der Waals surface area contributed by atoms with E-state index in [-0.39, 0.29) is 40.7 Å². The number of halogens is 1. The van der Waals surface area contributed by atoms with Gasteiger partial charge in [0.15, 0.2) is 0 Å². The van der Waals surface area contributed by atoms with E-state index in [0.717, 1.165) is 32.1 Å². The van der Waals surface area contributed by atoms with E-state index in [1.807, 2.05) is 40.7 Å². The van der Waals surface area contributed by atoms with E-state index in [1.165, 1.54) is 12.1 Å². The topological polar surface area (TPSA) is 63.6 Å². The predicted molar refractivity (Wildman–Crippen MR) is 153 cm³/mol. The maximum absolute atomic E-state index is 14.8. The van der Waals surface area contributed by atoms with Gasteiger partial charge in [0.2, 0.25) is 0 Å². The largest absolute Gasteiger partial charge is 0.490 e. The highest BCUT2D eigenvalue weighted by Crippen LogP contribution is 2.40. The van der Waals surface area contributed by atoms with Gasteiger partial charge in [0.05, 0.1) is 11.7 Å². The minimum atomic E-state index is -1.04. The second-order valence-corrected chi connectivity index (χ2v) is 11.6. The van der Waals surface area contributed by atoms with Crippen LogP contribution in [0.4, 0.5) is 4.39 Å². The van der Waals surface area contributed by atoms with Crippen LogP contribution in [0.3, 0.4) is 0 Å². The van der Waals surface area contributed by atoms with Crippen LogP contribution in [-0.2, 0) is 4.79 Å². The van der Waals surface area contributed by atoms with Crippen LogP contribution in [-0.4, -0.2) is 23.0 Å². The van der Waals surface area contributed by atoms with Crippen molar-refractivity contribution in [1.29, 1.82) is 0 Å². The average Bonchev–Trinajstić information content (AvgIpc) is 3.31. The van der Waals surface area contributed by atoms with Crippen LogP contribution >= 0.6 is 0 Å². The van der Waals surface area contributed by atoms with E-state index in [0.29, 0.717) is 34.6 Å². The molecular weight excluding hydrogens is 479 g/mol. The molecule has 0 amide bonds. The second-order valence-electron chi connectivity index (χ2n) is 11.6. The molecule has 210 valence electrons. The Balaban J connectivity index is 0.00000247. The van der Waals surface area contributed by atoms with Crippen molar-refractivity contribution in [1.82, 2.24) is 0 Å². The molecule has 2 aromatic rings. The number of carbonyl (C=O) groups is 2. The van der Waals surface area contributed by atoms with Crippen molar-refractivity contribution in [2.75, 3.05) is 0 Å². The molecule has 0 aliphatic heterocycles. The molecule has 0 saturated heterocycles. The summed E-state index contributed by atoms with van der Waals surface area (Å²) in [7, 11) is 0. The molecule has 5 heteroatoms. The van der Waals surface area contributed by atoms with Crippen molar-refractivity contribution in [2.24, 2.45) is 17.3 Å². The van der Waals surface area contributed by atoms with Crippen molar-refractivity contribution < 1.29 is 23.8 Å². The number of carboxylic acid groups (broad SMARTS) is 1. The molecule has 1 saturated carbocycles. The van der Waals surface area contributed by atoms with Gasteiger partial charge in [-0.05, 0) is 78.3 Å². The van der Waals surface area contributed by atoms with Gasteiger partial charge in [0, 0.05) is 17.9 Å². The van der Waals surface area contributed by atoms with Gasteiger partial charge in [-0.3, -0.25) is 4.79 Å². The third kappa shape index (κ3) is 8.15. The molecule has 1 aliphatic carbocycles. The number of hydrogen-bond acceptors (Lipinski definition) is 3. The Kier molecular flexibility index (Phi) is 11.5. The molecule has 1 N–H and O–H groups in total. The van der Waals surface area contributed by atoms with Crippen molar-refractivity contribution in [3.8, 4) is 16.9 Å². The van der Waals surface area contributed by atoms with Crippen molar-refractivity contribution >= 4 is 11.8 Å². The van der Waals surface area contributed by atoms with Crippen LogP contribution < -0.4 is 4.74 Å². The fourth-order valence-corrected chi connectivity index (χ4v) is 5.41. The molecule has 1 aliphatic rings. The lowest BCUT2D eigenvalue weighted by Gasteiger charge is -2.26. The number of aromatic carboxylic acids is 1. The van der Waals surface area contributed by atoms with Gasteiger partial charge in [-0.25, -0.2) is 9.18 Å². The van der Waals surface area contributed by atoms with Crippen molar-refractivity contribution in [2.45, 2.75) is 106 Å². The molecule has 38 heavy (non-hydrogen) atoms. The Morgan fingerprint density at radius 1 is 1.08 bits per heavy atom. The third-order valence-electron chi connectivity index (χ3n) is 7.79. The van der Waals surface area contributed by atoms with Gasteiger partial charge in [0.1, 0.15) is 17.3 Å². The number of rotatable bonds is 11. The Morgan fingerprint density at radius 2 is 1.76 bits per heavy atom. The van der Waals surface area contributed by atoms with Crippen LogP contribution in [0.2, 0.25) is 0 Å². The van der Waals surface area contributed by atoms with Gasteiger partial charge >= 0.3 is 5.97 Å². The molecule has 3 rings (SSSR count). The number of Topliss-reactive ketones (excluding diaryl/α,β-unsaturated/α-hetero) is 1. The summed E-state index contributed by atoms with van der Waals surface area (Å²) in [5.41, 5.74) is 2.09. The Labute approximate surface area is 229 Å². The van der Waals surface area contributed by atoms with Crippen LogP contribution in [0.25, 0.3) is 11.1 Å². The third-order valence-corrected chi connectivity index (χ3v) is 7.79. The molecule has 0 aromatic heterocycles. The highest BCUT2D eigenvalue weighted by atomic mass is 19.1. The molecule has 0 spiro atoms. The quantitative estimate of drug-likeness (QED) is 0.317. The van der Waals surface area contributed by atoms with Gasteiger partial charge in [0.25, 0.3) is 0 Å². The number of carbonyl (C=O) groups excluding carboxylic acids is 1. The zero-order valence-electron chi connectivity index (χ0n) is 24.6. The van der Waals surface area contributed by atoms with E-state index in [9.17, 15) is 19.1 Å². The average molecular weight is 527 g/mol. The summed E-state index contributed by atoms with van der Waals surface area (Å²) in [5, 5.41) is 9.57. The molecule has 0 bridgehead atoms. The number of benzene rings is 2. The van der Waals surface area contributed by atoms with Gasteiger partial charge in [-0.2, -0.15) is 0 Å². The van der Waals surface area contributed by atoms with E-state index in [4.69, 9.17) is 4.74 Å². The molecule has 0 heterocycles. The molecular formula is C33H47FO4. The summed E-state index contributed by atoms with van der Waals surface area (Å²) in [6.07, 6.45) is 5.03. The summed E-state index contributed by atoms with van der Waals surface area (Å²) in [6, 6.07) is 9.68. The van der Waals surface area contributed by atoms with Crippen LogP contribution in [0.15, 0.2) is 36.4 Å². The summed E-state index contributed by atoms with van der Waals surface area (Å²) >= 11 is 0. The Morgan fingerprint density at radius 3 is 2.37 bits per heavy atom. The number of carboxylic acids is 1. The monoisotopic (exact) mass is 526 g/mol. The number of ketones is 1. The number of ether oxygens (including phenoxy) is 1. The minimum Gasteiger partial charge on any atom is -0.490 e. The maximum Gasteiger partial charge on any atom is 0.335 e. The fourth-order valence-electron chi connectivity index (χ4n) is 5.41. The van der Waals surface area contributed by atoms with Gasteiger partial charge < -0.3 is 9.84 Å². The van der Waals surface area contributed by atoms with Crippen LogP contribution in [0.1, 0.15) is 116 Å². The molecule has 4 nitrogen and oxygen atoms in total. The number of hydrogen-bond donors (Lipinski definition) is 1. The summed E-state index contributed by atoms with van der Waals surface area (Å²) in [5.74, 6) is -0.199. The maximum atomic E-state index is 14.8. The lowest BCUT2D eigenvalue weighted by Crippen LogP contribution is -2.22. The summed E-state index contributed by atoms with van der Waals surface area (Å²) in [6.45, 7) is 16.5. The SMILES string of the molecule is CC.CCC(C)(C)CC(C)C(=O)C[C@@H]1CC[C@@H](Oc2ccc(C(=O)O)cc2-c2cccc(F)c2C(C)C)C1. The summed E-state index contributed by atoms with van der Waals surface area (Å²) in [4.78, 5) is 24.6. The van der Waals surface area contributed by atoms with E-state index in [2.05, 4.69) is 20.8 Å². The fraction of sp³-hybridized carbons (Fsp3) is 0.576. The van der Waals surface area contributed by atoms with Gasteiger partial charge in [-0.15, -0.1) is 0 Å². The Hall–Kier alpha value is -2.69. The zero-order chi connectivity index (χ0) is 28.6. The first-order valence-corrected chi connectivity index (χ1v) is 14.3. The van der Waals surface area contributed by atoms with E-state index in [1.54, 1.807) is 18.2 Å². The first kappa shape index (κ1) is 31.5. The standard InChI is InChI=1S/C31H41FO4.C2H6/c1-7-31(5,6)18-20(4)27(33)16-21-11-13-23(15-21)36-28-14-12-22(30(34)35)17-25(28)24-9-8-10-26(32)29(24)19(2)3;1-2/h8-10,12,14,17,19-21,23H,7,11,13,15-16,18H2,1-6H3,(H,34,35);1-2H3/t20?,21-,23-;/m1./s1. The van der Waals surface area contributed by atoms with E-state index >= 15 is 0 Å². The first-order valence-electron chi connectivity index (χ1n) is 14.3. The van der Waals surface area contributed by atoms with Crippen molar-refractivity contribution in [3.63, 3.8) is 0 Å².